The predicted octanol–water partition coefficient (Wildman–Crippen LogP) is 0.863. The smallest absolute Gasteiger partial charge is 0.262 e. The fourth-order valence-electron chi connectivity index (χ4n) is 1.34. The van der Waals surface area contributed by atoms with Crippen molar-refractivity contribution < 1.29 is 14.8 Å². The van der Waals surface area contributed by atoms with Gasteiger partial charge in [-0.3, -0.25) is 14.9 Å². The van der Waals surface area contributed by atoms with Gasteiger partial charge in [0.2, 0.25) is 0 Å². The number of carbonyl (C=O) groups is 1. The third kappa shape index (κ3) is 2.88. The van der Waals surface area contributed by atoms with Crippen LogP contribution in [0.4, 0.5) is 5.69 Å². The maximum atomic E-state index is 11.4. The average Bonchev–Trinajstić information content (AvgIpc) is 2.68. The Morgan fingerprint density at radius 1 is 1.53 bits per heavy atom. The molecule has 0 atom stereocenters. The van der Waals surface area contributed by atoms with Gasteiger partial charge in [0, 0.05) is 11.6 Å². The number of amides is 1. The highest BCUT2D eigenvalue weighted by Gasteiger charge is 2.25. The van der Waals surface area contributed by atoms with Crippen LogP contribution in [0, 0.1) is 10.1 Å². The molecule has 2 rings (SSSR count). The van der Waals surface area contributed by atoms with Crippen LogP contribution in [0.25, 0.3) is 0 Å². The van der Waals surface area contributed by atoms with Crippen molar-refractivity contribution in [1.29, 1.82) is 0 Å². The van der Waals surface area contributed by atoms with E-state index in [1.807, 2.05) is 0 Å². The normalized spacial score (nSPS) is 15.5. The van der Waals surface area contributed by atoms with Gasteiger partial charge in [-0.15, -0.1) is 0 Å². The lowest BCUT2D eigenvalue weighted by Gasteiger charge is -2.08. The standard InChI is InChI=1S/C10H7N3O4S2/c14-8-2-1-6(3-7(8)13(16)17)4-11-12-9(15)5-19-10(12)18/h1-4,14H,5H2/p-1. The maximum absolute atomic E-state index is 11.4. The van der Waals surface area contributed by atoms with Crippen LogP contribution in [0.2, 0.25) is 0 Å². The van der Waals surface area contributed by atoms with Gasteiger partial charge < -0.3 is 5.11 Å². The third-order valence-corrected chi connectivity index (χ3v) is 3.57. The molecule has 1 aromatic rings. The average molecular weight is 296 g/mol. The van der Waals surface area contributed by atoms with Gasteiger partial charge in [-0.25, -0.2) is 0 Å². The van der Waals surface area contributed by atoms with E-state index in [0.29, 0.717) is 9.88 Å². The number of thioether (sulfide) groups is 1. The highest BCUT2D eigenvalue weighted by atomic mass is 32.2. The SMILES string of the molecule is O=C1CSC(=S)N1N=Cc1ccc([O-])c([N+](=O)[O-])c1. The number of nitro groups is 1. The van der Waals surface area contributed by atoms with E-state index in [2.05, 4.69) is 5.10 Å². The topological polar surface area (TPSA) is 98.9 Å². The second-order valence-corrected chi connectivity index (χ2v) is 5.10. The molecule has 98 valence electrons. The number of carbonyl (C=O) groups excluding carboxylic acids is 1. The highest BCUT2D eigenvalue weighted by Crippen LogP contribution is 2.23. The van der Waals surface area contributed by atoms with Crippen LogP contribution < -0.4 is 5.11 Å². The van der Waals surface area contributed by atoms with Gasteiger partial charge in [0.15, 0.2) is 4.32 Å². The molecule has 1 saturated heterocycles. The van der Waals surface area contributed by atoms with Gasteiger partial charge in [-0.05, 0) is 5.75 Å². The Morgan fingerprint density at radius 2 is 2.26 bits per heavy atom. The predicted molar refractivity (Wildman–Crippen MR) is 72.0 cm³/mol. The largest absolute Gasteiger partial charge is 0.868 e. The van der Waals surface area contributed by atoms with E-state index >= 15 is 0 Å². The Morgan fingerprint density at radius 3 is 2.84 bits per heavy atom. The molecule has 1 aliphatic heterocycles. The molecule has 0 bridgehead atoms. The molecule has 7 nitrogen and oxygen atoms in total. The Hall–Kier alpha value is -2.00. The third-order valence-electron chi connectivity index (χ3n) is 2.23. The lowest BCUT2D eigenvalue weighted by atomic mass is 10.2. The van der Waals surface area contributed by atoms with Crippen molar-refractivity contribution in [3.8, 4) is 5.75 Å². The molecule has 0 saturated carbocycles. The minimum Gasteiger partial charge on any atom is -0.868 e. The molecule has 1 heterocycles. The molecule has 9 heteroatoms. The maximum Gasteiger partial charge on any atom is 0.262 e. The molecular weight excluding hydrogens is 290 g/mol. The molecule has 0 unspecified atom stereocenters. The van der Waals surface area contributed by atoms with Crippen LogP contribution in [0.5, 0.6) is 5.75 Å². The Balaban J connectivity index is 2.24. The van der Waals surface area contributed by atoms with Crippen molar-refractivity contribution in [3.63, 3.8) is 0 Å². The van der Waals surface area contributed by atoms with E-state index in [1.54, 1.807) is 0 Å². The van der Waals surface area contributed by atoms with Crippen LogP contribution in [0.3, 0.4) is 0 Å². The zero-order valence-corrected chi connectivity index (χ0v) is 10.9. The first-order valence-electron chi connectivity index (χ1n) is 4.98. The first-order chi connectivity index (χ1) is 8.99. The van der Waals surface area contributed by atoms with Crippen LogP contribution in [0.15, 0.2) is 23.3 Å². The summed E-state index contributed by atoms with van der Waals surface area (Å²) in [7, 11) is 0. The molecule has 1 fully saturated rings. The lowest BCUT2D eigenvalue weighted by Crippen LogP contribution is -2.22. The minimum absolute atomic E-state index is 0.232. The number of hydrazone groups is 1. The van der Waals surface area contributed by atoms with Gasteiger partial charge in [-0.2, -0.15) is 10.1 Å². The molecular formula is C10H6N3O4S2-. The zero-order chi connectivity index (χ0) is 14.0. The number of thiocarbonyl (C=S) groups is 1. The molecule has 0 aromatic heterocycles. The molecule has 1 amide bonds. The van der Waals surface area contributed by atoms with E-state index in [4.69, 9.17) is 12.2 Å². The monoisotopic (exact) mass is 296 g/mol. The Labute approximate surface area is 117 Å². The minimum atomic E-state index is -0.763. The summed E-state index contributed by atoms with van der Waals surface area (Å²) in [5, 5.41) is 26.7. The van der Waals surface area contributed by atoms with E-state index in [0.717, 1.165) is 17.1 Å². The highest BCUT2D eigenvalue weighted by molar-refractivity contribution is 8.23. The van der Waals surface area contributed by atoms with Gasteiger partial charge in [-0.1, -0.05) is 36.1 Å². The number of benzene rings is 1. The summed E-state index contributed by atoms with van der Waals surface area (Å²) in [6, 6.07) is 3.57. The van der Waals surface area contributed by atoms with Gasteiger partial charge >= 0.3 is 0 Å². The summed E-state index contributed by atoms with van der Waals surface area (Å²) in [6.07, 6.45) is 1.25. The summed E-state index contributed by atoms with van der Waals surface area (Å²) >= 11 is 6.11. The van der Waals surface area contributed by atoms with E-state index < -0.39 is 16.4 Å². The summed E-state index contributed by atoms with van der Waals surface area (Å²) in [4.78, 5) is 21.2. The molecule has 0 spiro atoms. The molecule has 1 aromatic carbocycles. The number of hydrogen-bond donors (Lipinski definition) is 0. The fraction of sp³-hybridized carbons (Fsp3) is 0.100. The number of nitro benzene ring substituents is 1. The van der Waals surface area contributed by atoms with Crippen LogP contribution in [0.1, 0.15) is 5.56 Å². The number of nitrogens with zero attached hydrogens (tertiary/aromatic N) is 3. The van der Waals surface area contributed by atoms with Crippen molar-refractivity contribution in [2.24, 2.45) is 5.10 Å². The molecule has 0 aliphatic carbocycles. The molecule has 0 N–H and O–H groups in total. The van der Waals surface area contributed by atoms with Gasteiger partial charge in [0.1, 0.15) is 0 Å². The first kappa shape index (κ1) is 13.4. The summed E-state index contributed by atoms with van der Waals surface area (Å²) in [5.74, 6) is -0.692. The summed E-state index contributed by atoms with van der Waals surface area (Å²) in [6.45, 7) is 0. The van der Waals surface area contributed by atoms with Crippen molar-refractivity contribution in [3.05, 3.63) is 33.9 Å². The second kappa shape index (κ2) is 5.33. The van der Waals surface area contributed by atoms with Crippen molar-refractivity contribution >= 4 is 46.1 Å². The van der Waals surface area contributed by atoms with E-state index in [1.165, 1.54) is 24.0 Å². The Bertz CT molecular complexity index is 586. The van der Waals surface area contributed by atoms with Crippen LogP contribution >= 0.6 is 24.0 Å². The van der Waals surface area contributed by atoms with Gasteiger partial charge in [0.05, 0.1) is 16.9 Å². The van der Waals surface area contributed by atoms with Crippen molar-refractivity contribution in [2.45, 2.75) is 0 Å². The molecule has 1 aliphatic rings. The lowest BCUT2D eigenvalue weighted by molar-refractivity contribution is -0.398. The fourth-order valence-corrected chi connectivity index (χ4v) is 2.31. The van der Waals surface area contributed by atoms with E-state index in [-0.39, 0.29) is 11.7 Å². The number of rotatable bonds is 3. The summed E-state index contributed by atoms with van der Waals surface area (Å²) in [5.41, 5.74) is -0.188. The zero-order valence-electron chi connectivity index (χ0n) is 9.31. The van der Waals surface area contributed by atoms with E-state index in [9.17, 15) is 20.0 Å². The van der Waals surface area contributed by atoms with Crippen molar-refractivity contribution in [1.82, 2.24) is 5.01 Å². The first-order valence-corrected chi connectivity index (χ1v) is 6.37. The number of hydrogen-bond acceptors (Lipinski definition) is 7. The van der Waals surface area contributed by atoms with Gasteiger partial charge in [0.25, 0.3) is 11.6 Å². The van der Waals surface area contributed by atoms with Crippen molar-refractivity contribution in [2.75, 3.05) is 5.75 Å². The molecule has 19 heavy (non-hydrogen) atoms. The Kier molecular flexibility index (Phi) is 3.76. The quantitative estimate of drug-likeness (QED) is 0.355. The van der Waals surface area contributed by atoms with Crippen LogP contribution in [-0.2, 0) is 4.79 Å². The molecule has 0 radical (unpaired) electrons. The second-order valence-electron chi connectivity index (χ2n) is 3.49. The van der Waals surface area contributed by atoms with Crippen LogP contribution in [-0.4, -0.2) is 32.1 Å². The summed E-state index contributed by atoms with van der Waals surface area (Å²) < 4.78 is 0.330.